The third kappa shape index (κ3) is 4.42. The maximum absolute atomic E-state index is 14.2. The first-order valence-electron chi connectivity index (χ1n) is 11.1. The summed E-state index contributed by atoms with van der Waals surface area (Å²) < 4.78 is 25.5. The van der Waals surface area contributed by atoms with Crippen molar-refractivity contribution in [3.63, 3.8) is 0 Å². The first-order chi connectivity index (χ1) is 16.9. The fourth-order valence-electron chi connectivity index (χ4n) is 4.21. The molecule has 0 atom stereocenters. The fourth-order valence-corrected chi connectivity index (χ4v) is 5.47. The van der Waals surface area contributed by atoms with Crippen molar-refractivity contribution in [1.29, 1.82) is 0 Å². The number of carbonyl (C=O) groups is 2. The molecule has 5 rings (SSSR count). The Labute approximate surface area is 204 Å². The largest absolute Gasteiger partial charge is 0.497 e. The summed E-state index contributed by atoms with van der Waals surface area (Å²) >= 11 is 1.38. The van der Waals surface area contributed by atoms with Crippen LogP contribution in [-0.2, 0) is 12.8 Å². The first-order valence-corrected chi connectivity index (χ1v) is 11.9. The number of nitrogens with two attached hydrogens (primary N) is 1. The summed E-state index contributed by atoms with van der Waals surface area (Å²) in [7, 11) is 1.54. The zero-order valence-electron chi connectivity index (χ0n) is 18.9. The Morgan fingerprint density at radius 3 is 2.71 bits per heavy atom. The van der Waals surface area contributed by atoms with Gasteiger partial charge in [0, 0.05) is 10.3 Å². The van der Waals surface area contributed by atoms with E-state index < -0.39 is 17.6 Å². The van der Waals surface area contributed by atoms with Gasteiger partial charge in [-0.2, -0.15) is 0 Å². The third-order valence-corrected chi connectivity index (χ3v) is 7.11. The van der Waals surface area contributed by atoms with Crippen molar-refractivity contribution in [2.24, 2.45) is 10.7 Å². The van der Waals surface area contributed by atoms with Gasteiger partial charge in [-0.3, -0.25) is 9.59 Å². The number of anilines is 1. The molecule has 9 heteroatoms. The van der Waals surface area contributed by atoms with Crippen LogP contribution in [0.15, 0.2) is 57.9 Å². The zero-order valence-corrected chi connectivity index (χ0v) is 19.7. The van der Waals surface area contributed by atoms with E-state index in [0.717, 1.165) is 36.1 Å². The smallest absolute Gasteiger partial charge is 0.261 e. The zero-order chi connectivity index (χ0) is 24.5. The number of nitrogens with one attached hydrogen (secondary N) is 1. The number of hydrogen-bond donors (Lipinski definition) is 2. The predicted octanol–water partition coefficient (Wildman–Crippen LogP) is 5.10. The molecule has 2 amide bonds. The molecule has 0 radical (unpaired) electrons. The van der Waals surface area contributed by atoms with E-state index in [2.05, 4.69) is 10.3 Å². The molecule has 0 saturated carbocycles. The minimum absolute atomic E-state index is 0.00222. The van der Waals surface area contributed by atoms with Crippen LogP contribution >= 0.6 is 11.3 Å². The van der Waals surface area contributed by atoms with Gasteiger partial charge in [-0.1, -0.05) is 12.1 Å². The Balaban J connectivity index is 1.70. The van der Waals surface area contributed by atoms with Gasteiger partial charge >= 0.3 is 0 Å². The Morgan fingerprint density at radius 1 is 1.14 bits per heavy atom. The second-order valence-electron chi connectivity index (χ2n) is 8.17. The van der Waals surface area contributed by atoms with E-state index in [1.807, 2.05) is 0 Å². The predicted molar refractivity (Wildman–Crippen MR) is 132 cm³/mol. The van der Waals surface area contributed by atoms with Gasteiger partial charge in [0.2, 0.25) is 5.55 Å². The van der Waals surface area contributed by atoms with E-state index in [9.17, 15) is 14.0 Å². The number of hydrogen-bond acceptors (Lipinski definition) is 6. The molecule has 2 heterocycles. The van der Waals surface area contributed by atoms with Crippen molar-refractivity contribution in [2.45, 2.75) is 25.7 Å². The molecular formula is C26H22FN3O4S. The van der Waals surface area contributed by atoms with E-state index in [4.69, 9.17) is 14.9 Å². The molecule has 0 aliphatic heterocycles. The number of ether oxygens (including phenoxy) is 1. The minimum atomic E-state index is -0.607. The van der Waals surface area contributed by atoms with Crippen molar-refractivity contribution in [1.82, 2.24) is 0 Å². The lowest BCUT2D eigenvalue weighted by atomic mass is 9.95. The van der Waals surface area contributed by atoms with E-state index >= 15 is 0 Å². The summed E-state index contributed by atoms with van der Waals surface area (Å²) in [5.41, 5.74) is 7.59. The van der Waals surface area contributed by atoms with Crippen molar-refractivity contribution in [3.8, 4) is 5.75 Å². The number of methoxy groups -OCH3 is 1. The van der Waals surface area contributed by atoms with Gasteiger partial charge in [-0.15, -0.1) is 11.3 Å². The number of amides is 2. The van der Waals surface area contributed by atoms with Crippen LogP contribution in [0.2, 0.25) is 0 Å². The summed E-state index contributed by atoms with van der Waals surface area (Å²) in [6.45, 7) is 0. The number of thiophene rings is 1. The number of para-hydroxylation sites is 1. The lowest BCUT2D eigenvalue weighted by molar-refractivity contribution is 0.0997. The SMILES string of the molecule is COc1ccc2oc(=Nc3sc4c(c3C(N)=O)CCCC4)c(C(=O)Nc3ccccc3F)cc2c1. The van der Waals surface area contributed by atoms with Crippen LogP contribution in [0.25, 0.3) is 11.0 Å². The average Bonchev–Trinajstić information content (AvgIpc) is 3.22. The van der Waals surface area contributed by atoms with Crippen molar-refractivity contribution >= 4 is 44.8 Å². The normalized spacial score (nSPS) is 13.5. The Kier molecular flexibility index (Phi) is 6.08. The Bertz CT molecular complexity index is 1540. The number of halogens is 1. The van der Waals surface area contributed by atoms with Gasteiger partial charge in [-0.05, 0) is 67.6 Å². The highest BCUT2D eigenvalue weighted by atomic mass is 32.1. The van der Waals surface area contributed by atoms with Crippen LogP contribution in [-0.4, -0.2) is 18.9 Å². The number of aryl methyl sites for hydroxylation is 1. The standard InChI is InChI=1S/C26H22FN3O4S/c1-33-15-10-11-20-14(12-15)13-17(24(32)29-19-8-4-3-7-18(19)27)25(34-20)30-26-22(23(28)31)16-6-2-5-9-21(16)35-26/h3-4,7-8,10-13H,2,5-6,9H2,1H3,(H2,28,31)(H,29,32). The van der Waals surface area contributed by atoms with E-state index in [0.29, 0.717) is 27.3 Å². The van der Waals surface area contributed by atoms with Gasteiger partial charge in [0.1, 0.15) is 27.7 Å². The summed E-state index contributed by atoms with van der Waals surface area (Å²) in [6, 6.07) is 12.6. The van der Waals surface area contributed by atoms with Gasteiger partial charge in [-0.25, -0.2) is 9.38 Å². The molecule has 2 aromatic carbocycles. The van der Waals surface area contributed by atoms with E-state index in [-0.39, 0.29) is 16.8 Å². The van der Waals surface area contributed by atoms with Crippen molar-refractivity contribution in [2.75, 3.05) is 12.4 Å². The van der Waals surface area contributed by atoms with Crippen molar-refractivity contribution in [3.05, 3.63) is 81.5 Å². The highest BCUT2D eigenvalue weighted by molar-refractivity contribution is 7.16. The molecule has 0 fully saturated rings. The van der Waals surface area contributed by atoms with Crippen LogP contribution in [0.5, 0.6) is 5.75 Å². The second-order valence-corrected chi connectivity index (χ2v) is 9.25. The summed E-state index contributed by atoms with van der Waals surface area (Å²) in [6.07, 6.45) is 3.62. The Morgan fingerprint density at radius 2 is 1.94 bits per heavy atom. The number of fused-ring (bicyclic) bond motifs is 2. The molecule has 1 aliphatic carbocycles. The highest BCUT2D eigenvalue weighted by Crippen LogP contribution is 2.39. The molecule has 1 aliphatic rings. The quantitative estimate of drug-likeness (QED) is 0.405. The topological polar surface area (TPSA) is 107 Å². The van der Waals surface area contributed by atoms with Gasteiger partial charge in [0.15, 0.2) is 0 Å². The fraction of sp³-hybridized carbons (Fsp3) is 0.192. The molecule has 178 valence electrons. The van der Waals surface area contributed by atoms with Crippen molar-refractivity contribution < 1.29 is 23.1 Å². The summed E-state index contributed by atoms with van der Waals surface area (Å²) in [4.78, 5) is 31.3. The number of benzene rings is 2. The van der Waals surface area contributed by atoms with Crippen LogP contribution in [0, 0.1) is 5.82 Å². The highest BCUT2D eigenvalue weighted by Gasteiger charge is 2.24. The lowest BCUT2D eigenvalue weighted by Crippen LogP contribution is -2.22. The number of carbonyl (C=O) groups excluding carboxylic acids is 2. The van der Waals surface area contributed by atoms with Gasteiger partial charge in [0.25, 0.3) is 11.8 Å². The van der Waals surface area contributed by atoms with Crippen LogP contribution in [0.4, 0.5) is 15.1 Å². The number of nitrogens with zero attached hydrogens (tertiary/aromatic N) is 1. The monoisotopic (exact) mass is 491 g/mol. The molecule has 35 heavy (non-hydrogen) atoms. The molecule has 2 aromatic heterocycles. The minimum Gasteiger partial charge on any atom is -0.497 e. The van der Waals surface area contributed by atoms with Crippen LogP contribution in [0.3, 0.4) is 0 Å². The van der Waals surface area contributed by atoms with Crippen LogP contribution in [0.1, 0.15) is 44.0 Å². The maximum atomic E-state index is 14.2. The molecule has 0 spiro atoms. The van der Waals surface area contributed by atoms with Gasteiger partial charge < -0.3 is 20.2 Å². The van der Waals surface area contributed by atoms with Crippen LogP contribution < -0.4 is 21.3 Å². The summed E-state index contributed by atoms with van der Waals surface area (Å²) in [5.74, 6) is -1.16. The van der Waals surface area contributed by atoms with E-state index in [1.54, 1.807) is 30.3 Å². The maximum Gasteiger partial charge on any atom is 0.261 e. The number of rotatable bonds is 5. The molecule has 3 N–H and O–H groups in total. The Hall–Kier alpha value is -3.98. The molecule has 0 bridgehead atoms. The van der Waals surface area contributed by atoms with Gasteiger partial charge in [0.05, 0.1) is 18.4 Å². The number of primary amides is 1. The molecule has 0 saturated heterocycles. The molecule has 0 unspecified atom stereocenters. The third-order valence-electron chi connectivity index (χ3n) is 5.92. The average molecular weight is 492 g/mol. The summed E-state index contributed by atoms with van der Waals surface area (Å²) in [5, 5.41) is 3.58. The van der Waals surface area contributed by atoms with E-state index in [1.165, 1.54) is 36.6 Å². The lowest BCUT2D eigenvalue weighted by Gasteiger charge is -2.10. The first kappa shape index (κ1) is 22.8. The molecule has 4 aromatic rings. The molecule has 7 nitrogen and oxygen atoms in total. The molecular weight excluding hydrogens is 469 g/mol. The second kappa shape index (κ2) is 9.34.